The Balaban J connectivity index is 2.03. The quantitative estimate of drug-likeness (QED) is 0.801. The Kier molecular flexibility index (Phi) is 4.84. The zero-order valence-corrected chi connectivity index (χ0v) is 11.5. The molecule has 0 bridgehead atoms. The second kappa shape index (κ2) is 6.60. The molecular formula is C13H15FN2O3S. The smallest absolute Gasteiger partial charge is 0.337 e. The molecule has 1 heterocycles. The highest BCUT2D eigenvalue weighted by atomic mass is 32.2. The fraction of sp³-hybridized carbons (Fsp3) is 0.385. The number of urea groups is 1. The Labute approximate surface area is 119 Å². The summed E-state index contributed by atoms with van der Waals surface area (Å²) in [5.41, 5.74) is -0.180. The van der Waals surface area contributed by atoms with E-state index >= 15 is 0 Å². The SMILES string of the molecule is O=C(Nc1cc(F)ccc1C(=O)O)NC1CCSCC1. The van der Waals surface area contributed by atoms with Crippen molar-refractivity contribution in [2.75, 3.05) is 16.8 Å². The van der Waals surface area contributed by atoms with Crippen LogP contribution in [0.5, 0.6) is 0 Å². The summed E-state index contributed by atoms with van der Waals surface area (Å²) in [5, 5.41) is 14.2. The molecule has 20 heavy (non-hydrogen) atoms. The van der Waals surface area contributed by atoms with Gasteiger partial charge in [-0.05, 0) is 42.5 Å². The Hall–Kier alpha value is -1.76. The molecule has 0 saturated carbocycles. The normalized spacial score (nSPS) is 15.7. The molecule has 1 aliphatic heterocycles. The molecule has 0 atom stereocenters. The molecule has 0 aliphatic carbocycles. The van der Waals surface area contributed by atoms with Gasteiger partial charge in [0.05, 0.1) is 11.3 Å². The van der Waals surface area contributed by atoms with Crippen LogP contribution in [-0.4, -0.2) is 34.7 Å². The van der Waals surface area contributed by atoms with E-state index in [2.05, 4.69) is 10.6 Å². The lowest BCUT2D eigenvalue weighted by atomic mass is 10.1. The van der Waals surface area contributed by atoms with E-state index in [4.69, 9.17) is 5.11 Å². The number of aromatic carboxylic acids is 1. The van der Waals surface area contributed by atoms with Crippen molar-refractivity contribution >= 4 is 29.4 Å². The van der Waals surface area contributed by atoms with Gasteiger partial charge in [-0.15, -0.1) is 0 Å². The van der Waals surface area contributed by atoms with Gasteiger partial charge in [-0.1, -0.05) is 0 Å². The average Bonchev–Trinajstić information content (AvgIpc) is 2.39. The lowest BCUT2D eigenvalue weighted by Gasteiger charge is -2.22. The first-order valence-electron chi connectivity index (χ1n) is 6.24. The molecule has 5 nitrogen and oxygen atoms in total. The molecule has 3 N–H and O–H groups in total. The number of hydrogen-bond acceptors (Lipinski definition) is 3. The van der Waals surface area contributed by atoms with Crippen molar-refractivity contribution in [3.63, 3.8) is 0 Å². The van der Waals surface area contributed by atoms with Gasteiger partial charge in [0.25, 0.3) is 0 Å². The van der Waals surface area contributed by atoms with Gasteiger partial charge in [-0.25, -0.2) is 14.0 Å². The highest BCUT2D eigenvalue weighted by Crippen LogP contribution is 2.19. The highest BCUT2D eigenvalue weighted by molar-refractivity contribution is 7.99. The first-order chi connectivity index (χ1) is 9.56. The molecule has 0 aromatic heterocycles. The van der Waals surface area contributed by atoms with Crippen LogP contribution in [0.25, 0.3) is 0 Å². The van der Waals surface area contributed by atoms with Crippen LogP contribution in [-0.2, 0) is 0 Å². The molecule has 7 heteroatoms. The van der Waals surface area contributed by atoms with E-state index in [-0.39, 0.29) is 17.3 Å². The van der Waals surface area contributed by atoms with E-state index < -0.39 is 17.8 Å². The topological polar surface area (TPSA) is 78.4 Å². The minimum Gasteiger partial charge on any atom is -0.478 e. The van der Waals surface area contributed by atoms with Gasteiger partial charge < -0.3 is 15.7 Å². The third-order valence-electron chi connectivity index (χ3n) is 3.02. The van der Waals surface area contributed by atoms with Gasteiger partial charge in [-0.2, -0.15) is 11.8 Å². The minimum atomic E-state index is -1.21. The third kappa shape index (κ3) is 3.86. The predicted molar refractivity (Wildman–Crippen MR) is 75.9 cm³/mol. The minimum absolute atomic E-state index is 0.0415. The Bertz CT molecular complexity index is 518. The Morgan fingerprint density at radius 1 is 1.30 bits per heavy atom. The van der Waals surface area contributed by atoms with Crippen molar-refractivity contribution in [1.29, 1.82) is 0 Å². The Morgan fingerprint density at radius 2 is 2.00 bits per heavy atom. The van der Waals surface area contributed by atoms with Crippen LogP contribution >= 0.6 is 11.8 Å². The van der Waals surface area contributed by atoms with Crippen molar-refractivity contribution in [2.24, 2.45) is 0 Å². The Morgan fingerprint density at radius 3 is 2.65 bits per heavy atom. The molecule has 1 aromatic rings. The summed E-state index contributed by atoms with van der Waals surface area (Å²) in [4.78, 5) is 22.8. The molecule has 1 aliphatic rings. The van der Waals surface area contributed by atoms with Gasteiger partial charge in [0.2, 0.25) is 0 Å². The molecule has 0 unspecified atom stereocenters. The van der Waals surface area contributed by atoms with Crippen molar-refractivity contribution in [1.82, 2.24) is 5.32 Å². The summed E-state index contributed by atoms with van der Waals surface area (Å²) in [6, 6.07) is 2.75. The van der Waals surface area contributed by atoms with E-state index in [1.807, 2.05) is 11.8 Å². The highest BCUT2D eigenvalue weighted by Gasteiger charge is 2.18. The number of benzene rings is 1. The molecule has 1 fully saturated rings. The zero-order chi connectivity index (χ0) is 14.5. The maximum atomic E-state index is 13.2. The van der Waals surface area contributed by atoms with Crippen LogP contribution in [0, 0.1) is 5.82 Å². The summed E-state index contributed by atoms with van der Waals surface area (Å²) >= 11 is 1.84. The van der Waals surface area contributed by atoms with Crippen LogP contribution in [0.2, 0.25) is 0 Å². The number of carboxylic acid groups (broad SMARTS) is 1. The molecule has 0 spiro atoms. The van der Waals surface area contributed by atoms with Crippen LogP contribution in [0.1, 0.15) is 23.2 Å². The molecule has 1 aromatic carbocycles. The van der Waals surface area contributed by atoms with Gasteiger partial charge >= 0.3 is 12.0 Å². The summed E-state index contributed by atoms with van der Waals surface area (Å²) in [5.74, 6) is 0.171. The number of carbonyl (C=O) groups excluding carboxylic acids is 1. The van der Waals surface area contributed by atoms with E-state index in [1.54, 1.807) is 0 Å². The zero-order valence-electron chi connectivity index (χ0n) is 10.7. The summed E-state index contributed by atoms with van der Waals surface area (Å²) in [7, 11) is 0. The van der Waals surface area contributed by atoms with E-state index in [9.17, 15) is 14.0 Å². The fourth-order valence-corrected chi connectivity index (χ4v) is 3.10. The largest absolute Gasteiger partial charge is 0.478 e. The van der Waals surface area contributed by atoms with Gasteiger partial charge in [0.1, 0.15) is 5.82 Å². The first-order valence-corrected chi connectivity index (χ1v) is 7.40. The lowest BCUT2D eigenvalue weighted by Crippen LogP contribution is -2.40. The van der Waals surface area contributed by atoms with Gasteiger partial charge in [0.15, 0.2) is 0 Å². The first kappa shape index (κ1) is 14.6. The van der Waals surface area contributed by atoms with Gasteiger partial charge in [-0.3, -0.25) is 0 Å². The number of carboxylic acids is 1. The van der Waals surface area contributed by atoms with Crippen molar-refractivity contribution in [3.05, 3.63) is 29.6 Å². The number of amides is 2. The standard InChI is InChI=1S/C13H15FN2O3S/c14-8-1-2-10(12(17)18)11(7-8)16-13(19)15-9-3-5-20-6-4-9/h1-2,7,9H,3-6H2,(H,17,18)(H2,15,16,19). The summed E-state index contributed by atoms with van der Waals surface area (Å²) < 4.78 is 13.2. The van der Waals surface area contributed by atoms with Crippen LogP contribution in [0.4, 0.5) is 14.9 Å². The van der Waals surface area contributed by atoms with Crippen LogP contribution in [0.3, 0.4) is 0 Å². The van der Waals surface area contributed by atoms with Crippen molar-refractivity contribution in [3.8, 4) is 0 Å². The number of anilines is 1. The summed E-state index contributed by atoms with van der Waals surface area (Å²) in [6.07, 6.45) is 1.76. The van der Waals surface area contributed by atoms with Gasteiger partial charge in [0, 0.05) is 6.04 Å². The third-order valence-corrected chi connectivity index (χ3v) is 4.07. The lowest BCUT2D eigenvalue weighted by molar-refractivity contribution is 0.0698. The second-order valence-corrected chi connectivity index (χ2v) is 5.70. The number of carbonyl (C=O) groups is 2. The van der Waals surface area contributed by atoms with Crippen LogP contribution in [0.15, 0.2) is 18.2 Å². The van der Waals surface area contributed by atoms with Crippen molar-refractivity contribution in [2.45, 2.75) is 18.9 Å². The second-order valence-electron chi connectivity index (χ2n) is 4.48. The van der Waals surface area contributed by atoms with Crippen LogP contribution < -0.4 is 10.6 Å². The maximum absolute atomic E-state index is 13.2. The maximum Gasteiger partial charge on any atom is 0.337 e. The molecule has 2 amide bonds. The van der Waals surface area contributed by atoms with Crippen molar-refractivity contribution < 1.29 is 19.1 Å². The molecule has 108 valence electrons. The number of halogens is 1. The van der Waals surface area contributed by atoms with E-state index in [0.717, 1.165) is 42.5 Å². The average molecular weight is 298 g/mol. The number of rotatable bonds is 3. The van der Waals surface area contributed by atoms with E-state index in [1.165, 1.54) is 0 Å². The number of nitrogens with one attached hydrogen (secondary N) is 2. The summed E-state index contributed by atoms with van der Waals surface area (Å²) in [6.45, 7) is 0. The number of hydrogen-bond donors (Lipinski definition) is 3. The molecule has 1 saturated heterocycles. The molecule has 0 radical (unpaired) electrons. The monoisotopic (exact) mass is 298 g/mol. The molecular weight excluding hydrogens is 283 g/mol. The van der Waals surface area contributed by atoms with E-state index in [0.29, 0.717) is 0 Å². The molecule has 2 rings (SSSR count). The number of thioether (sulfide) groups is 1. The fourth-order valence-electron chi connectivity index (χ4n) is 1.99. The predicted octanol–water partition coefficient (Wildman–Crippen LogP) is 2.54.